The average Bonchev–Trinajstić information content (AvgIpc) is 2.63. The SMILES string of the molecule is CCOC(=O)/C(c1ccc(C(=O)OCC)cc1)=[N+](/[O-])c1ccccc1. The molecule has 2 aromatic rings. The summed E-state index contributed by atoms with van der Waals surface area (Å²) in [6.45, 7) is 3.79. The van der Waals surface area contributed by atoms with Crippen molar-refractivity contribution in [2.45, 2.75) is 13.8 Å². The number of carbonyl (C=O) groups excluding carboxylic acids is 2. The summed E-state index contributed by atoms with van der Waals surface area (Å²) in [5, 5.41) is 12.7. The number of para-hydroxylation sites is 1. The average molecular weight is 341 g/mol. The zero-order chi connectivity index (χ0) is 18.2. The molecule has 0 amide bonds. The second kappa shape index (κ2) is 8.63. The minimum absolute atomic E-state index is 0.145. The maximum atomic E-state index is 12.7. The molecule has 0 atom stereocenters. The first-order valence-corrected chi connectivity index (χ1v) is 7.92. The van der Waals surface area contributed by atoms with Gasteiger partial charge in [0.05, 0.1) is 24.3 Å². The van der Waals surface area contributed by atoms with Gasteiger partial charge in [-0.1, -0.05) is 18.2 Å². The molecular weight excluding hydrogens is 322 g/mol. The molecule has 6 heteroatoms. The Morgan fingerprint density at radius 3 is 2.00 bits per heavy atom. The van der Waals surface area contributed by atoms with E-state index in [0.717, 1.165) is 0 Å². The van der Waals surface area contributed by atoms with Crippen molar-refractivity contribution >= 4 is 23.3 Å². The van der Waals surface area contributed by atoms with Crippen molar-refractivity contribution in [3.63, 3.8) is 0 Å². The van der Waals surface area contributed by atoms with E-state index in [1.54, 1.807) is 44.2 Å². The largest absolute Gasteiger partial charge is 0.618 e. The van der Waals surface area contributed by atoms with Crippen molar-refractivity contribution in [1.82, 2.24) is 0 Å². The lowest BCUT2D eigenvalue weighted by atomic mass is 10.1. The van der Waals surface area contributed by atoms with Gasteiger partial charge in [0.15, 0.2) is 0 Å². The second-order valence-electron chi connectivity index (χ2n) is 5.00. The van der Waals surface area contributed by atoms with Crippen LogP contribution in [0, 0.1) is 5.21 Å². The number of nitrogens with zero attached hydrogens (tertiary/aromatic N) is 1. The Morgan fingerprint density at radius 2 is 1.44 bits per heavy atom. The third-order valence-electron chi connectivity index (χ3n) is 3.33. The lowest BCUT2D eigenvalue weighted by molar-refractivity contribution is -0.360. The van der Waals surface area contributed by atoms with Gasteiger partial charge in [0.2, 0.25) is 5.69 Å². The molecule has 0 aliphatic heterocycles. The lowest BCUT2D eigenvalue weighted by Gasteiger charge is -2.10. The number of benzene rings is 2. The molecule has 0 radical (unpaired) electrons. The molecule has 0 unspecified atom stereocenters. The Morgan fingerprint density at radius 1 is 0.880 bits per heavy atom. The Bertz CT molecular complexity index is 766. The number of carbonyl (C=O) groups is 2. The Balaban J connectivity index is 2.46. The quantitative estimate of drug-likeness (QED) is 0.265. The van der Waals surface area contributed by atoms with Gasteiger partial charge >= 0.3 is 17.7 Å². The number of rotatable bonds is 6. The zero-order valence-corrected chi connectivity index (χ0v) is 14.1. The molecular formula is C19H19NO5. The van der Waals surface area contributed by atoms with E-state index in [-0.39, 0.29) is 18.9 Å². The van der Waals surface area contributed by atoms with Gasteiger partial charge < -0.3 is 14.7 Å². The van der Waals surface area contributed by atoms with Gasteiger partial charge in [-0.15, -0.1) is 0 Å². The van der Waals surface area contributed by atoms with Crippen LogP contribution in [0.2, 0.25) is 0 Å². The molecule has 0 N–H and O–H groups in total. The molecule has 0 saturated heterocycles. The fourth-order valence-electron chi connectivity index (χ4n) is 2.19. The van der Waals surface area contributed by atoms with E-state index in [4.69, 9.17) is 9.47 Å². The van der Waals surface area contributed by atoms with Gasteiger partial charge in [-0.3, -0.25) is 0 Å². The van der Waals surface area contributed by atoms with E-state index in [0.29, 0.717) is 21.6 Å². The van der Waals surface area contributed by atoms with Gasteiger partial charge in [0.25, 0.3) is 0 Å². The molecule has 2 rings (SSSR count). The highest BCUT2D eigenvalue weighted by molar-refractivity contribution is 6.41. The Kier molecular flexibility index (Phi) is 6.28. The highest BCUT2D eigenvalue weighted by Crippen LogP contribution is 2.15. The zero-order valence-electron chi connectivity index (χ0n) is 14.1. The summed E-state index contributed by atoms with van der Waals surface area (Å²) in [6, 6.07) is 14.4. The highest BCUT2D eigenvalue weighted by Gasteiger charge is 2.26. The van der Waals surface area contributed by atoms with Gasteiger partial charge in [0, 0.05) is 12.1 Å². The van der Waals surface area contributed by atoms with Crippen LogP contribution in [0.4, 0.5) is 5.69 Å². The van der Waals surface area contributed by atoms with Gasteiger partial charge in [-0.2, -0.15) is 4.74 Å². The van der Waals surface area contributed by atoms with Crippen LogP contribution in [0.1, 0.15) is 29.8 Å². The van der Waals surface area contributed by atoms with Crippen molar-refractivity contribution in [2.24, 2.45) is 0 Å². The van der Waals surface area contributed by atoms with Crippen molar-refractivity contribution in [2.75, 3.05) is 13.2 Å². The first kappa shape index (κ1) is 18.2. The molecule has 25 heavy (non-hydrogen) atoms. The van der Waals surface area contributed by atoms with Crippen molar-refractivity contribution in [1.29, 1.82) is 0 Å². The van der Waals surface area contributed by atoms with Crippen LogP contribution in [0.3, 0.4) is 0 Å². The maximum absolute atomic E-state index is 12.7. The minimum atomic E-state index is -0.731. The summed E-state index contributed by atoms with van der Waals surface area (Å²) in [7, 11) is 0. The molecule has 0 saturated carbocycles. The standard InChI is InChI=1S/C19H19NO5/c1-3-24-18(21)15-12-10-14(11-13-15)17(19(22)25-4-2)20(23)16-8-6-5-7-9-16/h5-13H,3-4H2,1-2H3/b20-17+. The predicted molar refractivity (Wildman–Crippen MR) is 92.9 cm³/mol. The van der Waals surface area contributed by atoms with Crippen molar-refractivity contribution in [3.8, 4) is 0 Å². The lowest BCUT2D eigenvalue weighted by Crippen LogP contribution is -2.26. The van der Waals surface area contributed by atoms with E-state index in [1.807, 2.05) is 0 Å². The van der Waals surface area contributed by atoms with Gasteiger partial charge in [-0.25, -0.2) is 9.59 Å². The summed E-state index contributed by atoms with van der Waals surface area (Å²) in [5.41, 5.74) is 0.847. The van der Waals surface area contributed by atoms with Crippen LogP contribution >= 0.6 is 0 Å². The van der Waals surface area contributed by atoms with E-state index in [2.05, 4.69) is 0 Å². The molecule has 0 aliphatic carbocycles. The number of ether oxygens (including phenoxy) is 2. The van der Waals surface area contributed by atoms with E-state index in [1.165, 1.54) is 24.3 Å². The summed E-state index contributed by atoms with van der Waals surface area (Å²) in [4.78, 5) is 24.0. The van der Waals surface area contributed by atoms with Crippen LogP contribution in [0.25, 0.3) is 0 Å². The third-order valence-corrected chi connectivity index (χ3v) is 3.33. The predicted octanol–water partition coefficient (Wildman–Crippen LogP) is 3.06. The normalized spacial score (nSPS) is 11.4. The van der Waals surface area contributed by atoms with Crippen molar-refractivity contribution in [3.05, 3.63) is 70.9 Å². The van der Waals surface area contributed by atoms with E-state index in [9.17, 15) is 14.8 Å². The summed E-state index contributed by atoms with van der Waals surface area (Å²) < 4.78 is 10.5. The van der Waals surface area contributed by atoms with Crippen LogP contribution in [0.15, 0.2) is 54.6 Å². The van der Waals surface area contributed by atoms with Crippen LogP contribution in [0.5, 0.6) is 0 Å². The number of hydrogen-bond donors (Lipinski definition) is 0. The van der Waals surface area contributed by atoms with Gasteiger partial charge in [-0.05, 0) is 38.1 Å². The first-order chi connectivity index (χ1) is 12.1. The van der Waals surface area contributed by atoms with Crippen molar-refractivity contribution < 1.29 is 23.8 Å². The molecule has 0 spiro atoms. The molecule has 0 fully saturated rings. The van der Waals surface area contributed by atoms with Crippen LogP contribution < -0.4 is 0 Å². The molecule has 130 valence electrons. The van der Waals surface area contributed by atoms with Crippen LogP contribution in [-0.4, -0.2) is 35.6 Å². The monoisotopic (exact) mass is 341 g/mol. The number of esters is 2. The fraction of sp³-hybridized carbons (Fsp3) is 0.211. The summed E-state index contributed by atoms with van der Waals surface area (Å²) in [6.07, 6.45) is 0. The number of hydrogen-bond acceptors (Lipinski definition) is 5. The Hall–Kier alpha value is -3.15. The first-order valence-electron chi connectivity index (χ1n) is 7.92. The third kappa shape index (κ3) is 4.44. The molecule has 0 bridgehead atoms. The topological polar surface area (TPSA) is 78.7 Å². The Labute approximate surface area is 145 Å². The van der Waals surface area contributed by atoms with E-state index >= 15 is 0 Å². The van der Waals surface area contributed by atoms with Gasteiger partial charge in [0.1, 0.15) is 0 Å². The molecule has 0 heterocycles. The summed E-state index contributed by atoms with van der Waals surface area (Å²) in [5.74, 6) is -1.20. The van der Waals surface area contributed by atoms with Crippen LogP contribution in [-0.2, 0) is 14.3 Å². The molecule has 2 aromatic carbocycles. The second-order valence-corrected chi connectivity index (χ2v) is 5.00. The fourth-order valence-corrected chi connectivity index (χ4v) is 2.19. The minimum Gasteiger partial charge on any atom is -0.618 e. The molecule has 0 aliphatic rings. The molecule has 6 nitrogen and oxygen atoms in total. The maximum Gasteiger partial charge on any atom is 0.405 e. The smallest absolute Gasteiger partial charge is 0.405 e. The van der Waals surface area contributed by atoms with E-state index < -0.39 is 11.9 Å². The highest BCUT2D eigenvalue weighted by atomic mass is 16.5. The molecule has 0 aromatic heterocycles. The summed E-state index contributed by atoms with van der Waals surface area (Å²) >= 11 is 0.